The van der Waals surface area contributed by atoms with Gasteiger partial charge < -0.3 is 9.47 Å². The van der Waals surface area contributed by atoms with Crippen LogP contribution in [0.5, 0.6) is 0 Å². The number of sulfonamides is 1. The van der Waals surface area contributed by atoms with E-state index in [1.54, 1.807) is 28.6 Å². The van der Waals surface area contributed by atoms with E-state index in [1.165, 1.54) is 0 Å². The summed E-state index contributed by atoms with van der Waals surface area (Å²) >= 11 is 0. The Morgan fingerprint density at radius 3 is 2.20 bits per heavy atom. The molecule has 0 atom stereocenters. The van der Waals surface area contributed by atoms with Crippen LogP contribution in [-0.4, -0.2) is 48.5 Å². The monoisotopic (exact) mass is 356 g/mol. The van der Waals surface area contributed by atoms with E-state index >= 15 is 0 Å². The molecule has 25 heavy (non-hydrogen) atoms. The van der Waals surface area contributed by atoms with Crippen molar-refractivity contribution >= 4 is 27.0 Å². The lowest BCUT2D eigenvalue weighted by atomic mass is 10.3. The number of anilines is 1. The van der Waals surface area contributed by atoms with Crippen LogP contribution in [0.4, 0.5) is 5.95 Å². The predicted octanol–water partition coefficient (Wildman–Crippen LogP) is 2.08. The van der Waals surface area contributed by atoms with E-state index in [2.05, 4.69) is 9.47 Å². The van der Waals surface area contributed by atoms with Crippen molar-refractivity contribution in [3.05, 3.63) is 54.6 Å². The molecule has 1 aliphatic rings. The van der Waals surface area contributed by atoms with Crippen molar-refractivity contribution in [1.29, 1.82) is 0 Å². The Bertz CT molecular complexity index is 990. The number of hydrogen-bond donors (Lipinski definition) is 0. The summed E-state index contributed by atoms with van der Waals surface area (Å²) in [6.45, 7) is 2.17. The van der Waals surface area contributed by atoms with Crippen molar-refractivity contribution in [3.8, 4) is 0 Å². The minimum Gasteiger partial charge on any atom is -0.340 e. The molecule has 1 saturated heterocycles. The summed E-state index contributed by atoms with van der Waals surface area (Å²) in [5, 5.41) is 0. The molecule has 1 fully saturated rings. The van der Waals surface area contributed by atoms with Crippen molar-refractivity contribution in [2.45, 2.75) is 4.90 Å². The van der Waals surface area contributed by atoms with Crippen LogP contribution in [0.2, 0.25) is 0 Å². The Labute approximate surface area is 147 Å². The molecule has 0 bridgehead atoms. The average molecular weight is 356 g/mol. The minimum absolute atomic E-state index is 0.353. The maximum atomic E-state index is 12.7. The average Bonchev–Trinajstić information content (AvgIpc) is 3.00. The van der Waals surface area contributed by atoms with Crippen molar-refractivity contribution < 1.29 is 8.42 Å². The first-order chi connectivity index (χ1) is 12.1. The van der Waals surface area contributed by atoms with Crippen LogP contribution < -0.4 is 4.90 Å². The third kappa shape index (κ3) is 2.79. The Hall–Kier alpha value is -2.38. The van der Waals surface area contributed by atoms with Gasteiger partial charge in [0.15, 0.2) is 0 Å². The predicted molar refractivity (Wildman–Crippen MR) is 98.1 cm³/mol. The molecule has 1 aliphatic heterocycles. The van der Waals surface area contributed by atoms with Crippen molar-refractivity contribution in [3.63, 3.8) is 0 Å². The second-order valence-electron chi connectivity index (χ2n) is 6.16. The Balaban J connectivity index is 1.54. The van der Waals surface area contributed by atoms with Gasteiger partial charge in [-0.25, -0.2) is 13.4 Å². The van der Waals surface area contributed by atoms with Crippen LogP contribution in [-0.2, 0) is 17.1 Å². The third-order valence-corrected chi connectivity index (χ3v) is 6.58. The topological polar surface area (TPSA) is 58.4 Å². The summed E-state index contributed by atoms with van der Waals surface area (Å²) in [6, 6.07) is 16.6. The van der Waals surface area contributed by atoms with Gasteiger partial charge >= 0.3 is 0 Å². The zero-order valence-corrected chi connectivity index (χ0v) is 14.9. The molecule has 2 heterocycles. The summed E-state index contributed by atoms with van der Waals surface area (Å²) in [6.07, 6.45) is 0. The normalized spacial score (nSPS) is 16.4. The van der Waals surface area contributed by atoms with Gasteiger partial charge in [0.1, 0.15) is 0 Å². The van der Waals surface area contributed by atoms with E-state index < -0.39 is 10.0 Å². The van der Waals surface area contributed by atoms with E-state index in [4.69, 9.17) is 4.98 Å². The fourth-order valence-electron chi connectivity index (χ4n) is 3.29. The summed E-state index contributed by atoms with van der Waals surface area (Å²) in [7, 11) is -1.43. The second-order valence-corrected chi connectivity index (χ2v) is 8.10. The summed E-state index contributed by atoms with van der Waals surface area (Å²) in [4.78, 5) is 7.20. The van der Waals surface area contributed by atoms with E-state index in [1.807, 2.05) is 37.4 Å². The molecule has 0 spiro atoms. The number of rotatable bonds is 3. The van der Waals surface area contributed by atoms with Gasteiger partial charge in [-0.15, -0.1) is 0 Å². The van der Waals surface area contributed by atoms with Crippen LogP contribution in [0, 0.1) is 0 Å². The highest BCUT2D eigenvalue weighted by molar-refractivity contribution is 7.89. The maximum absolute atomic E-state index is 12.7. The molecule has 6 nitrogen and oxygen atoms in total. The number of aromatic nitrogens is 2. The molecule has 1 aromatic heterocycles. The lowest BCUT2D eigenvalue weighted by Crippen LogP contribution is -2.49. The van der Waals surface area contributed by atoms with E-state index in [0.29, 0.717) is 31.1 Å². The molecule has 3 aromatic rings. The second kappa shape index (κ2) is 6.16. The zero-order valence-electron chi connectivity index (χ0n) is 14.0. The van der Waals surface area contributed by atoms with E-state index in [-0.39, 0.29) is 0 Å². The number of para-hydroxylation sites is 2. The number of benzene rings is 2. The molecule has 0 aliphatic carbocycles. The maximum Gasteiger partial charge on any atom is 0.243 e. The van der Waals surface area contributed by atoms with Gasteiger partial charge in [-0.2, -0.15) is 4.31 Å². The molecular weight excluding hydrogens is 336 g/mol. The van der Waals surface area contributed by atoms with E-state index in [0.717, 1.165) is 17.0 Å². The largest absolute Gasteiger partial charge is 0.340 e. The van der Waals surface area contributed by atoms with Crippen LogP contribution in [0.25, 0.3) is 11.0 Å². The minimum atomic E-state index is -3.42. The molecule has 4 rings (SSSR count). The van der Waals surface area contributed by atoms with Crippen LogP contribution >= 0.6 is 0 Å². The van der Waals surface area contributed by atoms with Crippen LogP contribution in [0.1, 0.15) is 0 Å². The van der Waals surface area contributed by atoms with Crippen LogP contribution in [0.3, 0.4) is 0 Å². The summed E-state index contributed by atoms with van der Waals surface area (Å²) in [5.74, 6) is 0.887. The van der Waals surface area contributed by atoms with Gasteiger partial charge in [-0.3, -0.25) is 0 Å². The molecule has 0 saturated carbocycles. The Morgan fingerprint density at radius 2 is 1.52 bits per heavy atom. The molecular formula is C18H20N4O2S. The fraction of sp³-hybridized carbons (Fsp3) is 0.278. The number of nitrogens with zero attached hydrogens (tertiary/aromatic N) is 4. The molecule has 0 radical (unpaired) electrons. The summed E-state index contributed by atoms with van der Waals surface area (Å²) in [5.41, 5.74) is 2.04. The van der Waals surface area contributed by atoms with Crippen molar-refractivity contribution in [2.75, 3.05) is 31.1 Å². The molecule has 0 unspecified atom stereocenters. The SMILES string of the molecule is Cn1c(N2CCN(S(=O)(=O)c3ccccc3)CC2)nc2ccccc21. The highest BCUT2D eigenvalue weighted by Crippen LogP contribution is 2.23. The molecule has 2 aromatic carbocycles. The first-order valence-corrected chi connectivity index (χ1v) is 9.73. The number of fused-ring (bicyclic) bond motifs is 1. The van der Waals surface area contributed by atoms with Crippen molar-refractivity contribution in [1.82, 2.24) is 13.9 Å². The Morgan fingerprint density at radius 1 is 0.880 bits per heavy atom. The van der Waals surface area contributed by atoms with Gasteiger partial charge in [0, 0.05) is 33.2 Å². The lowest BCUT2D eigenvalue weighted by Gasteiger charge is -2.34. The first kappa shape index (κ1) is 16.1. The molecule has 7 heteroatoms. The number of hydrogen-bond acceptors (Lipinski definition) is 4. The van der Waals surface area contributed by atoms with Gasteiger partial charge in [0.05, 0.1) is 15.9 Å². The summed E-state index contributed by atoms with van der Waals surface area (Å²) < 4.78 is 29.1. The standard InChI is InChI=1S/C18H20N4O2S/c1-20-17-10-6-5-9-16(17)19-18(20)21-11-13-22(14-12-21)25(23,24)15-7-3-2-4-8-15/h2-10H,11-14H2,1H3. The smallest absolute Gasteiger partial charge is 0.243 e. The molecule has 130 valence electrons. The molecule has 0 N–H and O–H groups in total. The van der Waals surface area contributed by atoms with Gasteiger partial charge in [-0.05, 0) is 24.3 Å². The van der Waals surface area contributed by atoms with Gasteiger partial charge in [-0.1, -0.05) is 30.3 Å². The highest BCUT2D eigenvalue weighted by atomic mass is 32.2. The van der Waals surface area contributed by atoms with Gasteiger partial charge in [0.25, 0.3) is 0 Å². The number of aryl methyl sites for hydroxylation is 1. The highest BCUT2D eigenvalue weighted by Gasteiger charge is 2.29. The fourth-order valence-corrected chi connectivity index (χ4v) is 4.73. The lowest BCUT2D eigenvalue weighted by molar-refractivity contribution is 0.381. The molecule has 0 amide bonds. The van der Waals surface area contributed by atoms with Crippen LogP contribution in [0.15, 0.2) is 59.5 Å². The number of imidazole rings is 1. The number of piperazine rings is 1. The van der Waals surface area contributed by atoms with E-state index in [9.17, 15) is 8.42 Å². The van der Waals surface area contributed by atoms with Crippen molar-refractivity contribution in [2.24, 2.45) is 7.05 Å². The van der Waals surface area contributed by atoms with Gasteiger partial charge in [0.2, 0.25) is 16.0 Å². The third-order valence-electron chi connectivity index (χ3n) is 4.67. The Kier molecular flexibility index (Phi) is 3.97. The first-order valence-electron chi connectivity index (χ1n) is 8.29. The zero-order chi connectivity index (χ0) is 17.4. The quantitative estimate of drug-likeness (QED) is 0.721.